The van der Waals surface area contributed by atoms with Gasteiger partial charge in [-0.25, -0.2) is 8.42 Å². The van der Waals surface area contributed by atoms with Gasteiger partial charge in [0.2, 0.25) is 21.8 Å². The van der Waals surface area contributed by atoms with Gasteiger partial charge in [0.05, 0.1) is 19.1 Å². The number of carbonyl (C=O) groups excluding carboxylic acids is 2. The number of rotatable bonds is 9. The Bertz CT molecular complexity index is 1140. The summed E-state index contributed by atoms with van der Waals surface area (Å²) < 4.78 is 33.3. The van der Waals surface area contributed by atoms with Crippen LogP contribution in [-0.4, -0.2) is 55.7 Å². The van der Waals surface area contributed by atoms with Gasteiger partial charge < -0.3 is 15.0 Å². The van der Waals surface area contributed by atoms with E-state index in [1.54, 1.807) is 37.8 Å². The van der Waals surface area contributed by atoms with Gasteiger partial charge in [0.15, 0.2) is 0 Å². The minimum Gasteiger partial charge on any atom is -0.492 e. The van der Waals surface area contributed by atoms with Crippen LogP contribution in [0, 0.1) is 0 Å². The van der Waals surface area contributed by atoms with Gasteiger partial charge in [0.25, 0.3) is 0 Å². The van der Waals surface area contributed by atoms with Crippen LogP contribution >= 0.6 is 0 Å². The second kappa shape index (κ2) is 11.0. The number of hydrogen-bond acceptors (Lipinski definition) is 5. The lowest BCUT2D eigenvalue weighted by Crippen LogP contribution is -2.40. The van der Waals surface area contributed by atoms with Crippen LogP contribution in [0.25, 0.3) is 0 Å². The van der Waals surface area contributed by atoms with E-state index < -0.39 is 10.0 Å². The van der Waals surface area contributed by atoms with Gasteiger partial charge in [0.1, 0.15) is 10.6 Å². The fraction of sp³-hybridized carbons (Fsp3) is 0.440. The zero-order valence-electron chi connectivity index (χ0n) is 20.2. The molecular formula is C25H33N3O5S. The van der Waals surface area contributed by atoms with Gasteiger partial charge in [-0.15, -0.1) is 0 Å². The summed E-state index contributed by atoms with van der Waals surface area (Å²) in [4.78, 5) is 27.0. The number of hydrogen-bond donors (Lipinski definition) is 1. The highest BCUT2D eigenvalue weighted by molar-refractivity contribution is 7.89. The van der Waals surface area contributed by atoms with E-state index in [-0.39, 0.29) is 34.9 Å². The van der Waals surface area contributed by atoms with E-state index >= 15 is 0 Å². The van der Waals surface area contributed by atoms with Crippen LogP contribution in [0.1, 0.15) is 51.3 Å². The van der Waals surface area contributed by atoms with Crippen molar-refractivity contribution in [1.82, 2.24) is 9.21 Å². The molecule has 184 valence electrons. The topological polar surface area (TPSA) is 96.0 Å². The van der Waals surface area contributed by atoms with Crippen LogP contribution in [0.15, 0.2) is 47.4 Å². The predicted molar refractivity (Wildman–Crippen MR) is 131 cm³/mol. The Kier molecular flexibility index (Phi) is 8.33. The van der Waals surface area contributed by atoms with Crippen molar-refractivity contribution in [2.24, 2.45) is 0 Å². The van der Waals surface area contributed by atoms with Gasteiger partial charge in [-0.05, 0) is 42.7 Å². The number of nitrogens with zero attached hydrogens (tertiary/aromatic N) is 2. The summed E-state index contributed by atoms with van der Waals surface area (Å²) in [6, 6.07) is 12.1. The first kappa shape index (κ1) is 25.7. The van der Waals surface area contributed by atoms with E-state index in [2.05, 4.69) is 5.32 Å². The van der Waals surface area contributed by atoms with Crippen molar-refractivity contribution in [3.8, 4) is 5.75 Å². The first-order chi connectivity index (χ1) is 16.2. The second-order valence-corrected chi connectivity index (χ2v) is 10.0. The molecule has 0 aliphatic carbocycles. The van der Waals surface area contributed by atoms with E-state index in [9.17, 15) is 18.0 Å². The number of fused-ring (bicyclic) bond motifs is 1. The van der Waals surface area contributed by atoms with E-state index in [0.29, 0.717) is 31.9 Å². The molecule has 8 nitrogen and oxygen atoms in total. The molecule has 0 aromatic heterocycles. The summed E-state index contributed by atoms with van der Waals surface area (Å²) in [6.07, 6.45) is 0.821. The molecule has 2 aromatic rings. The molecule has 1 N–H and O–H groups in total. The fourth-order valence-electron chi connectivity index (χ4n) is 4.40. The number of benzene rings is 2. The maximum Gasteiger partial charge on any atom is 0.246 e. The summed E-state index contributed by atoms with van der Waals surface area (Å²) in [5.74, 6) is -0.138. The summed E-state index contributed by atoms with van der Waals surface area (Å²) in [5, 5.41) is 2.82. The van der Waals surface area contributed by atoms with Crippen LogP contribution in [0.2, 0.25) is 0 Å². The van der Waals surface area contributed by atoms with Crippen LogP contribution in [-0.2, 0) is 26.0 Å². The molecule has 1 heterocycles. The molecule has 3 rings (SSSR count). The molecule has 0 spiro atoms. The SMILES string of the molecule is CCOc1ccc(NC(=O)CC2c3ccccc3CCN2C(C)=O)cc1S(=O)(=O)N(CC)CC. The molecule has 34 heavy (non-hydrogen) atoms. The third kappa shape index (κ3) is 5.42. The minimum absolute atomic E-state index is 0.0178. The van der Waals surface area contributed by atoms with Gasteiger partial charge in [-0.3, -0.25) is 9.59 Å². The Morgan fingerprint density at radius 3 is 2.47 bits per heavy atom. The maximum atomic E-state index is 13.2. The predicted octanol–water partition coefficient (Wildman–Crippen LogP) is 3.59. The molecule has 1 aliphatic rings. The molecule has 1 atom stereocenters. The minimum atomic E-state index is -3.80. The average molecular weight is 488 g/mol. The summed E-state index contributed by atoms with van der Waals surface area (Å²) in [7, 11) is -3.80. The van der Waals surface area contributed by atoms with Crippen molar-refractivity contribution >= 4 is 27.5 Å². The Morgan fingerprint density at radius 2 is 1.82 bits per heavy atom. The molecule has 2 amide bonds. The third-order valence-corrected chi connectivity index (χ3v) is 8.12. The monoisotopic (exact) mass is 487 g/mol. The van der Waals surface area contributed by atoms with E-state index in [4.69, 9.17) is 4.74 Å². The van der Waals surface area contributed by atoms with Gasteiger partial charge in [-0.1, -0.05) is 38.1 Å². The molecule has 9 heteroatoms. The van der Waals surface area contributed by atoms with E-state index in [0.717, 1.165) is 17.5 Å². The molecular weight excluding hydrogens is 454 g/mol. The van der Waals surface area contributed by atoms with Crippen molar-refractivity contribution in [1.29, 1.82) is 0 Å². The van der Waals surface area contributed by atoms with Crippen molar-refractivity contribution in [3.63, 3.8) is 0 Å². The second-order valence-electron chi connectivity index (χ2n) is 8.11. The molecule has 1 unspecified atom stereocenters. The highest BCUT2D eigenvalue weighted by Crippen LogP contribution is 2.34. The lowest BCUT2D eigenvalue weighted by Gasteiger charge is -2.36. The zero-order valence-corrected chi connectivity index (χ0v) is 21.0. The number of amides is 2. The number of carbonyl (C=O) groups is 2. The molecule has 0 saturated carbocycles. The third-order valence-electron chi connectivity index (χ3n) is 6.05. The zero-order chi connectivity index (χ0) is 24.9. The standard InChI is InChI=1S/C25H33N3O5S/c1-5-27(6-2)34(31,32)24-16-20(12-13-23(24)33-7-3)26-25(30)17-22-21-11-9-8-10-19(21)14-15-28(22)18(4)29/h8-13,16,22H,5-7,14-15,17H2,1-4H3,(H,26,30). The Hall–Kier alpha value is -2.91. The van der Waals surface area contributed by atoms with Gasteiger partial charge in [-0.2, -0.15) is 4.31 Å². The molecule has 2 aromatic carbocycles. The number of ether oxygens (including phenoxy) is 1. The van der Waals surface area contributed by atoms with Crippen molar-refractivity contribution in [2.45, 2.75) is 51.5 Å². The fourth-order valence-corrected chi connectivity index (χ4v) is 6.02. The number of nitrogens with one attached hydrogen (secondary N) is 1. The van der Waals surface area contributed by atoms with Crippen molar-refractivity contribution in [3.05, 3.63) is 53.6 Å². The molecule has 1 aliphatic heterocycles. The molecule has 0 saturated heterocycles. The van der Waals surface area contributed by atoms with Crippen LogP contribution in [0.4, 0.5) is 5.69 Å². The summed E-state index contributed by atoms with van der Waals surface area (Å²) in [6.45, 7) is 8.35. The van der Waals surface area contributed by atoms with Crippen molar-refractivity contribution in [2.75, 3.05) is 31.6 Å². The van der Waals surface area contributed by atoms with Crippen LogP contribution < -0.4 is 10.1 Å². The average Bonchev–Trinajstić information content (AvgIpc) is 2.80. The first-order valence-corrected chi connectivity index (χ1v) is 13.1. The van der Waals surface area contributed by atoms with E-state index in [1.807, 2.05) is 24.3 Å². The molecule has 0 fully saturated rings. The van der Waals surface area contributed by atoms with Crippen molar-refractivity contribution < 1.29 is 22.7 Å². The highest BCUT2D eigenvalue weighted by Gasteiger charge is 2.31. The lowest BCUT2D eigenvalue weighted by molar-refractivity contribution is -0.132. The Labute approximate surface area is 201 Å². The largest absolute Gasteiger partial charge is 0.492 e. The quantitative estimate of drug-likeness (QED) is 0.583. The Balaban J connectivity index is 1.88. The van der Waals surface area contributed by atoms with Crippen LogP contribution in [0.5, 0.6) is 5.75 Å². The molecule has 0 radical (unpaired) electrons. The normalized spacial score (nSPS) is 15.7. The molecule has 0 bridgehead atoms. The first-order valence-electron chi connectivity index (χ1n) is 11.6. The lowest BCUT2D eigenvalue weighted by atomic mass is 9.90. The van der Waals surface area contributed by atoms with Crippen LogP contribution in [0.3, 0.4) is 0 Å². The highest BCUT2D eigenvalue weighted by atomic mass is 32.2. The van der Waals surface area contributed by atoms with Gasteiger partial charge >= 0.3 is 0 Å². The summed E-state index contributed by atoms with van der Waals surface area (Å²) >= 11 is 0. The Morgan fingerprint density at radius 1 is 1.12 bits per heavy atom. The number of sulfonamides is 1. The summed E-state index contributed by atoms with van der Waals surface area (Å²) in [5.41, 5.74) is 2.46. The number of anilines is 1. The van der Waals surface area contributed by atoms with E-state index in [1.165, 1.54) is 17.3 Å². The maximum absolute atomic E-state index is 13.2. The van der Waals surface area contributed by atoms with Gasteiger partial charge in [0, 0.05) is 32.2 Å². The smallest absolute Gasteiger partial charge is 0.246 e.